The molecule has 0 aliphatic carbocycles. The molecule has 0 amide bonds. The summed E-state index contributed by atoms with van der Waals surface area (Å²) in [5, 5.41) is 8.51. The standard InChI is InChI=1S/C16H18ClN5/c1-10(2)20-15-13(8-12-6-4-5-7-14(12)17)11(3)21-16-18-9-19-22(15)16/h4-7,9-10,20H,8H2,1-3H3. The van der Waals surface area contributed by atoms with Crippen molar-refractivity contribution in [2.75, 3.05) is 5.32 Å². The van der Waals surface area contributed by atoms with Gasteiger partial charge in [-0.3, -0.25) is 0 Å². The van der Waals surface area contributed by atoms with Gasteiger partial charge in [-0.25, -0.2) is 4.98 Å². The zero-order valence-electron chi connectivity index (χ0n) is 12.8. The van der Waals surface area contributed by atoms with Gasteiger partial charge in [0.05, 0.1) is 0 Å². The van der Waals surface area contributed by atoms with Crippen LogP contribution in [0.4, 0.5) is 5.82 Å². The van der Waals surface area contributed by atoms with Crippen LogP contribution in [-0.4, -0.2) is 25.6 Å². The average molecular weight is 316 g/mol. The van der Waals surface area contributed by atoms with E-state index in [4.69, 9.17) is 11.6 Å². The highest BCUT2D eigenvalue weighted by atomic mass is 35.5. The average Bonchev–Trinajstić information content (AvgIpc) is 2.92. The van der Waals surface area contributed by atoms with E-state index in [0.29, 0.717) is 12.2 Å². The predicted octanol–water partition coefficient (Wildman–Crippen LogP) is 3.50. The van der Waals surface area contributed by atoms with Crippen molar-refractivity contribution >= 4 is 23.2 Å². The first-order valence-electron chi connectivity index (χ1n) is 7.25. The minimum Gasteiger partial charge on any atom is -0.367 e. The van der Waals surface area contributed by atoms with Gasteiger partial charge in [-0.2, -0.15) is 14.6 Å². The van der Waals surface area contributed by atoms with Crippen LogP contribution in [0, 0.1) is 6.92 Å². The quantitative estimate of drug-likeness (QED) is 0.800. The van der Waals surface area contributed by atoms with E-state index in [1.807, 2.05) is 31.2 Å². The Morgan fingerprint density at radius 3 is 2.77 bits per heavy atom. The molecule has 1 N–H and O–H groups in total. The third kappa shape index (κ3) is 2.76. The van der Waals surface area contributed by atoms with Crippen LogP contribution < -0.4 is 5.32 Å². The molecule has 0 unspecified atom stereocenters. The summed E-state index contributed by atoms with van der Waals surface area (Å²) in [6.07, 6.45) is 2.22. The Hall–Kier alpha value is -2.14. The lowest BCUT2D eigenvalue weighted by Gasteiger charge is -2.17. The summed E-state index contributed by atoms with van der Waals surface area (Å²) in [4.78, 5) is 8.72. The number of aryl methyl sites for hydroxylation is 1. The molecule has 1 aromatic carbocycles. The molecule has 0 saturated heterocycles. The largest absolute Gasteiger partial charge is 0.367 e. The van der Waals surface area contributed by atoms with E-state index in [0.717, 1.165) is 27.7 Å². The lowest BCUT2D eigenvalue weighted by atomic mass is 10.0. The van der Waals surface area contributed by atoms with Crippen LogP contribution in [-0.2, 0) is 6.42 Å². The summed E-state index contributed by atoms with van der Waals surface area (Å²) in [6, 6.07) is 8.15. The molecule has 22 heavy (non-hydrogen) atoms. The fourth-order valence-electron chi connectivity index (χ4n) is 2.45. The zero-order chi connectivity index (χ0) is 15.7. The topological polar surface area (TPSA) is 55.1 Å². The fraction of sp³-hybridized carbons (Fsp3) is 0.312. The van der Waals surface area contributed by atoms with Gasteiger partial charge in [0.25, 0.3) is 5.78 Å². The smallest absolute Gasteiger partial charge is 0.254 e. The molecule has 114 valence electrons. The van der Waals surface area contributed by atoms with Crippen LogP contribution in [0.3, 0.4) is 0 Å². The lowest BCUT2D eigenvalue weighted by Crippen LogP contribution is -2.17. The molecule has 0 radical (unpaired) electrons. The van der Waals surface area contributed by atoms with Gasteiger partial charge in [0, 0.05) is 28.7 Å². The van der Waals surface area contributed by atoms with Gasteiger partial charge in [0.15, 0.2) is 0 Å². The molecule has 5 nitrogen and oxygen atoms in total. The Morgan fingerprint density at radius 2 is 2.05 bits per heavy atom. The van der Waals surface area contributed by atoms with Gasteiger partial charge in [0.1, 0.15) is 12.1 Å². The molecule has 2 aromatic heterocycles. The van der Waals surface area contributed by atoms with Crippen molar-refractivity contribution in [1.29, 1.82) is 0 Å². The van der Waals surface area contributed by atoms with Gasteiger partial charge in [0.2, 0.25) is 0 Å². The summed E-state index contributed by atoms with van der Waals surface area (Å²) in [6.45, 7) is 6.18. The number of halogens is 1. The van der Waals surface area contributed by atoms with E-state index in [1.165, 1.54) is 6.33 Å². The molecule has 0 spiro atoms. The number of nitrogens with one attached hydrogen (secondary N) is 1. The zero-order valence-corrected chi connectivity index (χ0v) is 13.6. The van der Waals surface area contributed by atoms with Crippen LogP contribution in [0.5, 0.6) is 0 Å². The van der Waals surface area contributed by atoms with Crippen molar-refractivity contribution < 1.29 is 0 Å². The Labute approximate surface area is 134 Å². The number of hydrogen-bond acceptors (Lipinski definition) is 4. The van der Waals surface area contributed by atoms with Crippen molar-refractivity contribution in [2.45, 2.75) is 33.2 Å². The monoisotopic (exact) mass is 315 g/mol. The van der Waals surface area contributed by atoms with Crippen LogP contribution in [0.15, 0.2) is 30.6 Å². The van der Waals surface area contributed by atoms with E-state index >= 15 is 0 Å². The first kappa shape index (κ1) is 14.8. The third-order valence-corrected chi connectivity index (χ3v) is 3.85. The van der Waals surface area contributed by atoms with Gasteiger partial charge < -0.3 is 5.32 Å². The van der Waals surface area contributed by atoms with Crippen molar-refractivity contribution in [3.63, 3.8) is 0 Å². The highest BCUT2D eigenvalue weighted by Gasteiger charge is 2.16. The van der Waals surface area contributed by atoms with E-state index in [-0.39, 0.29) is 6.04 Å². The number of rotatable bonds is 4. The molecule has 0 aliphatic heterocycles. The molecular formula is C16H18ClN5. The molecular weight excluding hydrogens is 298 g/mol. The number of nitrogens with zero attached hydrogens (tertiary/aromatic N) is 4. The number of benzene rings is 1. The van der Waals surface area contributed by atoms with Crippen LogP contribution in [0.25, 0.3) is 5.78 Å². The maximum absolute atomic E-state index is 6.31. The molecule has 0 atom stereocenters. The second kappa shape index (κ2) is 5.93. The van der Waals surface area contributed by atoms with Gasteiger partial charge >= 0.3 is 0 Å². The predicted molar refractivity (Wildman–Crippen MR) is 88.5 cm³/mol. The second-order valence-electron chi connectivity index (χ2n) is 5.56. The molecule has 0 bridgehead atoms. The van der Waals surface area contributed by atoms with E-state index in [1.54, 1.807) is 4.52 Å². The van der Waals surface area contributed by atoms with Crippen molar-refractivity contribution in [1.82, 2.24) is 19.6 Å². The van der Waals surface area contributed by atoms with Crippen LogP contribution in [0.1, 0.15) is 30.7 Å². The molecule has 0 aliphatic rings. The van der Waals surface area contributed by atoms with Gasteiger partial charge in [-0.1, -0.05) is 29.8 Å². The van der Waals surface area contributed by atoms with Crippen molar-refractivity contribution in [3.05, 3.63) is 52.4 Å². The SMILES string of the molecule is Cc1nc2ncnn2c(NC(C)C)c1Cc1ccccc1Cl. The Bertz CT molecular complexity index is 809. The normalized spacial score (nSPS) is 11.3. The minimum absolute atomic E-state index is 0.277. The number of fused-ring (bicyclic) bond motifs is 1. The van der Waals surface area contributed by atoms with Gasteiger partial charge in [-0.05, 0) is 32.4 Å². The summed E-state index contributed by atoms with van der Waals surface area (Å²) in [5.41, 5.74) is 3.09. The first-order chi connectivity index (χ1) is 10.6. The first-order valence-corrected chi connectivity index (χ1v) is 7.63. The Morgan fingerprint density at radius 1 is 1.27 bits per heavy atom. The molecule has 0 fully saturated rings. The summed E-state index contributed by atoms with van der Waals surface area (Å²) < 4.78 is 1.75. The Kier molecular flexibility index (Phi) is 3.98. The highest BCUT2D eigenvalue weighted by Crippen LogP contribution is 2.26. The van der Waals surface area contributed by atoms with Crippen LogP contribution in [0.2, 0.25) is 5.02 Å². The highest BCUT2D eigenvalue weighted by molar-refractivity contribution is 6.31. The number of aromatic nitrogens is 4. The summed E-state index contributed by atoms with van der Waals surface area (Å²) in [7, 11) is 0. The third-order valence-electron chi connectivity index (χ3n) is 3.48. The minimum atomic E-state index is 0.277. The molecule has 2 heterocycles. The van der Waals surface area contributed by atoms with E-state index in [2.05, 4.69) is 34.2 Å². The lowest BCUT2D eigenvalue weighted by molar-refractivity contribution is 0.834. The van der Waals surface area contributed by atoms with Crippen molar-refractivity contribution in [3.8, 4) is 0 Å². The molecule has 6 heteroatoms. The maximum Gasteiger partial charge on any atom is 0.254 e. The summed E-state index contributed by atoms with van der Waals surface area (Å²) >= 11 is 6.31. The van der Waals surface area contributed by atoms with E-state index in [9.17, 15) is 0 Å². The molecule has 3 aromatic rings. The Balaban J connectivity index is 2.14. The fourth-order valence-corrected chi connectivity index (χ4v) is 2.65. The number of anilines is 1. The molecule has 3 rings (SSSR count). The van der Waals surface area contributed by atoms with Gasteiger partial charge in [-0.15, -0.1) is 0 Å². The summed E-state index contributed by atoms with van der Waals surface area (Å²) in [5.74, 6) is 1.53. The number of hydrogen-bond donors (Lipinski definition) is 1. The molecule has 0 saturated carbocycles. The van der Waals surface area contributed by atoms with E-state index < -0.39 is 0 Å². The maximum atomic E-state index is 6.31. The van der Waals surface area contributed by atoms with Crippen LogP contribution >= 0.6 is 11.6 Å². The second-order valence-corrected chi connectivity index (χ2v) is 5.97. The van der Waals surface area contributed by atoms with Crippen molar-refractivity contribution in [2.24, 2.45) is 0 Å².